The predicted octanol–water partition coefficient (Wildman–Crippen LogP) is 1.97. The fraction of sp³-hybridized carbons (Fsp3) is 0.385. The predicted molar refractivity (Wildman–Crippen MR) is 74.1 cm³/mol. The van der Waals surface area contributed by atoms with E-state index in [4.69, 9.17) is 16.7 Å². The van der Waals surface area contributed by atoms with Gasteiger partial charge in [0.1, 0.15) is 5.66 Å². The van der Waals surface area contributed by atoms with E-state index in [-0.39, 0.29) is 5.91 Å². The second-order valence-corrected chi connectivity index (χ2v) is 5.56. The largest absolute Gasteiger partial charge is 0.465 e. The summed E-state index contributed by atoms with van der Waals surface area (Å²) in [5.74, 6) is -0.176. The van der Waals surface area contributed by atoms with E-state index < -0.39 is 11.8 Å². The van der Waals surface area contributed by atoms with Crippen LogP contribution in [0, 0.1) is 0 Å². The third-order valence-electron chi connectivity index (χ3n) is 3.84. The van der Waals surface area contributed by atoms with E-state index in [9.17, 15) is 9.59 Å². The lowest BCUT2D eigenvalue weighted by Gasteiger charge is -2.45. The monoisotopic (exact) mass is 295 g/mol. The molecule has 3 rings (SSSR count). The highest BCUT2D eigenvalue weighted by Crippen LogP contribution is 2.32. The number of benzene rings is 1. The molecule has 1 saturated heterocycles. The molecular weight excluding hydrogens is 282 g/mol. The molecule has 0 bridgehead atoms. The van der Waals surface area contributed by atoms with Crippen molar-refractivity contribution in [1.29, 1.82) is 0 Å². The molecule has 0 aromatic heterocycles. The normalized spacial score (nSPS) is 20.1. The van der Waals surface area contributed by atoms with Gasteiger partial charge in [-0.1, -0.05) is 11.6 Å². The molecule has 0 saturated carbocycles. The number of carbonyl (C=O) groups excluding carboxylic acids is 1. The number of nitrogens with zero attached hydrogens (tertiary/aromatic N) is 1. The summed E-state index contributed by atoms with van der Waals surface area (Å²) in [6.07, 6.45) is 0.148. The number of fused-ring (bicyclic) bond motifs is 1. The minimum absolute atomic E-state index is 0.176. The van der Waals surface area contributed by atoms with Crippen LogP contribution in [0.2, 0.25) is 5.02 Å². The SMILES string of the molecule is O=C1NC2(CCN(C(=O)O)CC2)Nc2ccc(Cl)cc21. The second kappa shape index (κ2) is 4.56. The van der Waals surface area contributed by atoms with Crippen LogP contribution in [0.1, 0.15) is 23.2 Å². The van der Waals surface area contributed by atoms with E-state index in [0.717, 1.165) is 5.69 Å². The van der Waals surface area contributed by atoms with E-state index in [0.29, 0.717) is 36.5 Å². The summed E-state index contributed by atoms with van der Waals surface area (Å²) in [6, 6.07) is 5.13. The summed E-state index contributed by atoms with van der Waals surface area (Å²) in [5, 5.41) is 15.7. The van der Waals surface area contributed by atoms with Crippen molar-refractivity contribution in [2.45, 2.75) is 18.5 Å². The molecule has 0 unspecified atom stereocenters. The molecule has 0 aliphatic carbocycles. The molecule has 2 aliphatic rings. The summed E-state index contributed by atoms with van der Waals surface area (Å²) < 4.78 is 0. The fourth-order valence-electron chi connectivity index (χ4n) is 2.72. The first-order valence-corrected chi connectivity index (χ1v) is 6.75. The van der Waals surface area contributed by atoms with Crippen molar-refractivity contribution in [3.8, 4) is 0 Å². The lowest BCUT2D eigenvalue weighted by atomic mass is 9.92. The first kappa shape index (κ1) is 13.1. The molecule has 1 fully saturated rings. The van der Waals surface area contributed by atoms with Crippen molar-refractivity contribution >= 4 is 29.3 Å². The molecule has 2 heterocycles. The zero-order chi connectivity index (χ0) is 14.3. The van der Waals surface area contributed by atoms with Gasteiger partial charge in [0.2, 0.25) is 0 Å². The van der Waals surface area contributed by atoms with Gasteiger partial charge in [-0.3, -0.25) is 4.79 Å². The van der Waals surface area contributed by atoms with Crippen molar-refractivity contribution < 1.29 is 14.7 Å². The highest BCUT2D eigenvalue weighted by atomic mass is 35.5. The van der Waals surface area contributed by atoms with Crippen molar-refractivity contribution in [3.05, 3.63) is 28.8 Å². The first-order chi connectivity index (χ1) is 9.49. The lowest BCUT2D eigenvalue weighted by Crippen LogP contribution is -2.62. The number of anilines is 1. The Morgan fingerprint density at radius 3 is 2.65 bits per heavy atom. The number of likely N-dealkylation sites (tertiary alicyclic amines) is 1. The van der Waals surface area contributed by atoms with Crippen LogP contribution < -0.4 is 10.6 Å². The summed E-state index contributed by atoms with van der Waals surface area (Å²) in [6.45, 7) is 0.789. The molecule has 0 radical (unpaired) electrons. The number of carbonyl (C=O) groups is 2. The number of hydrogen-bond donors (Lipinski definition) is 3. The third-order valence-corrected chi connectivity index (χ3v) is 4.08. The minimum Gasteiger partial charge on any atom is -0.465 e. The summed E-state index contributed by atoms with van der Waals surface area (Å²) in [4.78, 5) is 24.5. The van der Waals surface area contributed by atoms with Gasteiger partial charge >= 0.3 is 6.09 Å². The van der Waals surface area contributed by atoms with Crippen LogP contribution >= 0.6 is 11.6 Å². The number of nitrogens with one attached hydrogen (secondary N) is 2. The highest BCUT2D eigenvalue weighted by Gasteiger charge is 2.41. The Balaban J connectivity index is 1.83. The molecule has 106 valence electrons. The Bertz CT molecular complexity index is 582. The summed E-state index contributed by atoms with van der Waals surface area (Å²) in [5.41, 5.74) is 0.690. The molecule has 2 aliphatic heterocycles. The van der Waals surface area contributed by atoms with Crippen molar-refractivity contribution in [3.63, 3.8) is 0 Å². The van der Waals surface area contributed by atoms with E-state index in [2.05, 4.69) is 10.6 Å². The third kappa shape index (κ3) is 2.16. The van der Waals surface area contributed by atoms with Gasteiger partial charge in [-0.05, 0) is 18.2 Å². The van der Waals surface area contributed by atoms with E-state index >= 15 is 0 Å². The van der Waals surface area contributed by atoms with Crippen LogP contribution in [0.25, 0.3) is 0 Å². The van der Waals surface area contributed by atoms with E-state index in [1.54, 1.807) is 18.2 Å². The van der Waals surface area contributed by atoms with Crippen molar-refractivity contribution in [2.24, 2.45) is 0 Å². The maximum atomic E-state index is 12.2. The Kier molecular flexibility index (Phi) is 2.97. The van der Waals surface area contributed by atoms with Gasteiger partial charge < -0.3 is 20.6 Å². The van der Waals surface area contributed by atoms with E-state index in [1.807, 2.05) is 0 Å². The molecule has 1 aromatic carbocycles. The molecule has 1 spiro atoms. The Labute approximate surface area is 120 Å². The highest BCUT2D eigenvalue weighted by molar-refractivity contribution is 6.31. The average molecular weight is 296 g/mol. The molecule has 1 aromatic rings. The van der Waals surface area contributed by atoms with Gasteiger partial charge in [0.15, 0.2) is 0 Å². The van der Waals surface area contributed by atoms with Gasteiger partial charge in [0.05, 0.1) is 5.56 Å². The molecular formula is C13H14ClN3O3. The lowest BCUT2D eigenvalue weighted by molar-refractivity contribution is 0.0819. The second-order valence-electron chi connectivity index (χ2n) is 5.12. The fourth-order valence-corrected chi connectivity index (χ4v) is 2.89. The van der Waals surface area contributed by atoms with Crippen LogP contribution in [-0.2, 0) is 0 Å². The zero-order valence-corrected chi connectivity index (χ0v) is 11.4. The topological polar surface area (TPSA) is 81.7 Å². The minimum atomic E-state index is -0.922. The molecule has 0 atom stereocenters. The van der Waals surface area contributed by atoms with E-state index in [1.165, 1.54) is 4.90 Å². The number of piperidine rings is 1. The van der Waals surface area contributed by atoms with Crippen LogP contribution in [0.4, 0.5) is 10.5 Å². The number of amides is 2. The molecule has 3 N–H and O–H groups in total. The van der Waals surface area contributed by atoms with Crippen molar-refractivity contribution in [2.75, 3.05) is 18.4 Å². The number of halogens is 1. The smallest absolute Gasteiger partial charge is 0.407 e. The standard InChI is InChI=1S/C13H14ClN3O3/c14-8-1-2-10-9(7-8)11(18)16-13(15-10)3-5-17(6-4-13)12(19)20/h1-2,7,15H,3-6H2,(H,16,18)(H,19,20). The summed E-state index contributed by atoms with van der Waals surface area (Å²) >= 11 is 5.89. The van der Waals surface area contributed by atoms with Gasteiger partial charge in [-0.15, -0.1) is 0 Å². The van der Waals surface area contributed by atoms with Gasteiger partial charge in [0.25, 0.3) is 5.91 Å². The number of rotatable bonds is 0. The number of carboxylic acid groups (broad SMARTS) is 1. The zero-order valence-electron chi connectivity index (χ0n) is 10.6. The molecule has 7 heteroatoms. The van der Waals surface area contributed by atoms with Gasteiger partial charge in [0, 0.05) is 36.6 Å². The van der Waals surface area contributed by atoms with Gasteiger partial charge in [-0.2, -0.15) is 0 Å². The molecule has 20 heavy (non-hydrogen) atoms. The van der Waals surface area contributed by atoms with Crippen LogP contribution in [0.3, 0.4) is 0 Å². The van der Waals surface area contributed by atoms with Crippen LogP contribution in [0.15, 0.2) is 18.2 Å². The van der Waals surface area contributed by atoms with Gasteiger partial charge in [-0.25, -0.2) is 4.79 Å². The Morgan fingerprint density at radius 2 is 2.00 bits per heavy atom. The molecule has 2 amide bonds. The van der Waals surface area contributed by atoms with Crippen LogP contribution in [-0.4, -0.2) is 40.8 Å². The Morgan fingerprint density at radius 1 is 1.30 bits per heavy atom. The quantitative estimate of drug-likeness (QED) is 0.683. The summed E-state index contributed by atoms with van der Waals surface area (Å²) in [7, 11) is 0. The van der Waals surface area contributed by atoms with Crippen molar-refractivity contribution in [1.82, 2.24) is 10.2 Å². The maximum absolute atomic E-state index is 12.2. The van der Waals surface area contributed by atoms with Crippen LogP contribution in [0.5, 0.6) is 0 Å². The average Bonchev–Trinajstić information content (AvgIpc) is 2.40. The Hall–Kier alpha value is -1.95. The maximum Gasteiger partial charge on any atom is 0.407 e. The molecule has 6 nitrogen and oxygen atoms in total. The first-order valence-electron chi connectivity index (χ1n) is 6.37. The number of hydrogen-bond acceptors (Lipinski definition) is 3.